The first-order valence-electron chi connectivity index (χ1n) is 4.73. The molecule has 16 heavy (non-hydrogen) atoms. The topological polar surface area (TPSA) is 63.6 Å². The van der Waals surface area contributed by atoms with E-state index in [1.165, 1.54) is 0 Å². The van der Waals surface area contributed by atoms with Crippen molar-refractivity contribution in [2.24, 2.45) is 0 Å². The van der Waals surface area contributed by atoms with Crippen molar-refractivity contribution in [1.82, 2.24) is 0 Å². The Bertz CT molecular complexity index is 403. The van der Waals surface area contributed by atoms with Gasteiger partial charge in [-0.1, -0.05) is 19.1 Å². The molecule has 0 aliphatic heterocycles. The van der Waals surface area contributed by atoms with E-state index in [-0.39, 0.29) is 0 Å². The van der Waals surface area contributed by atoms with Gasteiger partial charge in [0, 0.05) is 5.56 Å². The number of benzene rings is 1. The second-order valence-corrected chi connectivity index (χ2v) is 3.92. The molecule has 0 spiro atoms. The van der Waals surface area contributed by atoms with Crippen LogP contribution in [0.15, 0.2) is 22.7 Å². The molecular formula is C11H11BrO4. The van der Waals surface area contributed by atoms with Crippen LogP contribution in [0.5, 0.6) is 5.75 Å². The molecule has 1 N–H and O–H groups in total. The molecule has 0 aliphatic rings. The summed E-state index contributed by atoms with van der Waals surface area (Å²) < 4.78 is 5.77. The summed E-state index contributed by atoms with van der Waals surface area (Å²) in [6.07, 6.45) is 0.129. The van der Waals surface area contributed by atoms with Crippen molar-refractivity contribution >= 4 is 28.2 Å². The summed E-state index contributed by atoms with van der Waals surface area (Å²) in [6.45, 7) is 1.72. The number of aldehydes is 1. The van der Waals surface area contributed by atoms with Gasteiger partial charge in [0.05, 0.1) is 4.47 Å². The highest BCUT2D eigenvalue weighted by atomic mass is 79.9. The summed E-state index contributed by atoms with van der Waals surface area (Å²) in [5.74, 6) is -0.662. The Morgan fingerprint density at radius 2 is 2.31 bits per heavy atom. The molecule has 0 amide bonds. The first-order chi connectivity index (χ1) is 7.60. The van der Waals surface area contributed by atoms with Gasteiger partial charge in [-0.2, -0.15) is 0 Å². The SMILES string of the molecule is CCC(Oc1cccc(C=O)c1Br)C(=O)O. The second kappa shape index (κ2) is 5.65. The molecule has 1 rings (SSSR count). The molecule has 1 aromatic rings. The van der Waals surface area contributed by atoms with Gasteiger partial charge in [-0.3, -0.25) is 4.79 Å². The zero-order valence-corrected chi connectivity index (χ0v) is 10.2. The quantitative estimate of drug-likeness (QED) is 0.845. The van der Waals surface area contributed by atoms with Crippen LogP contribution in [0.25, 0.3) is 0 Å². The number of aliphatic carboxylic acids is 1. The van der Waals surface area contributed by atoms with Gasteiger partial charge in [-0.05, 0) is 28.4 Å². The van der Waals surface area contributed by atoms with Crippen LogP contribution in [0.4, 0.5) is 0 Å². The maximum Gasteiger partial charge on any atom is 0.344 e. The van der Waals surface area contributed by atoms with E-state index in [1.54, 1.807) is 25.1 Å². The van der Waals surface area contributed by atoms with Gasteiger partial charge in [0.2, 0.25) is 0 Å². The molecule has 0 aliphatic carbocycles. The van der Waals surface area contributed by atoms with Crippen LogP contribution in [0, 0.1) is 0 Å². The molecule has 86 valence electrons. The fourth-order valence-corrected chi connectivity index (χ4v) is 1.62. The van der Waals surface area contributed by atoms with Crippen LogP contribution in [0.3, 0.4) is 0 Å². The van der Waals surface area contributed by atoms with Crippen molar-refractivity contribution in [2.45, 2.75) is 19.4 Å². The van der Waals surface area contributed by atoms with Crippen LogP contribution < -0.4 is 4.74 Å². The summed E-state index contributed by atoms with van der Waals surface area (Å²) >= 11 is 3.20. The average molecular weight is 287 g/mol. The zero-order valence-electron chi connectivity index (χ0n) is 8.64. The van der Waals surface area contributed by atoms with E-state index in [4.69, 9.17) is 9.84 Å². The second-order valence-electron chi connectivity index (χ2n) is 3.13. The summed E-state index contributed by atoms with van der Waals surface area (Å²) in [4.78, 5) is 21.5. The lowest BCUT2D eigenvalue weighted by molar-refractivity contribution is -0.145. The minimum Gasteiger partial charge on any atom is -0.479 e. The first-order valence-corrected chi connectivity index (χ1v) is 5.52. The van der Waals surface area contributed by atoms with Gasteiger partial charge in [-0.25, -0.2) is 4.79 Å². The minimum atomic E-state index is -1.02. The van der Waals surface area contributed by atoms with Crippen molar-refractivity contribution < 1.29 is 19.4 Å². The van der Waals surface area contributed by atoms with Crippen molar-refractivity contribution in [3.05, 3.63) is 28.2 Å². The highest BCUT2D eigenvalue weighted by molar-refractivity contribution is 9.10. The third kappa shape index (κ3) is 2.82. The molecular weight excluding hydrogens is 276 g/mol. The van der Waals surface area contributed by atoms with Gasteiger partial charge >= 0.3 is 5.97 Å². The molecule has 0 saturated carbocycles. The van der Waals surface area contributed by atoms with Crippen LogP contribution in [0.2, 0.25) is 0 Å². The summed E-state index contributed by atoms with van der Waals surface area (Å²) in [5.41, 5.74) is 0.428. The highest BCUT2D eigenvalue weighted by Gasteiger charge is 2.18. The lowest BCUT2D eigenvalue weighted by Gasteiger charge is -2.14. The molecule has 1 aromatic carbocycles. The Hall–Kier alpha value is -1.36. The number of carboxylic acid groups (broad SMARTS) is 1. The lowest BCUT2D eigenvalue weighted by atomic mass is 10.2. The third-order valence-corrected chi connectivity index (χ3v) is 2.88. The molecule has 5 heteroatoms. The van der Waals surface area contributed by atoms with Crippen molar-refractivity contribution in [3.63, 3.8) is 0 Å². The molecule has 0 fully saturated rings. The average Bonchev–Trinajstić information content (AvgIpc) is 2.27. The van der Waals surface area contributed by atoms with E-state index >= 15 is 0 Å². The predicted octanol–water partition coefficient (Wildman–Crippen LogP) is 2.50. The van der Waals surface area contributed by atoms with Crippen LogP contribution in [-0.4, -0.2) is 23.5 Å². The van der Waals surface area contributed by atoms with E-state index in [0.717, 1.165) is 0 Å². The van der Waals surface area contributed by atoms with Crippen LogP contribution in [-0.2, 0) is 4.79 Å². The smallest absolute Gasteiger partial charge is 0.344 e. The number of carbonyl (C=O) groups excluding carboxylic acids is 1. The molecule has 4 nitrogen and oxygen atoms in total. The number of hydrogen-bond donors (Lipinski definition) is 1. The number of rotatable bonds is 5. The Labute approximate surface area is 101 Å². The first kappa shape index (κ1) is 12.7. The van der Waals surface area contributed by atoms with Gasteiger partial charge in [0.1, 0.15) is 5.75 Å². The molecule has 1 unspecified atom stereocenters. The largest absolute Gasteiger partial charge is 0.479 e. The third-order valence-electron chi connectivity index (χ3n) is 2.04. The van der Waals surface area contributed by atoms with Gasteiger partial charge in [-0.15, -0.1) is 0 Å². The molecule has 0 saturated heterocycles. The fraction of sp³-hybridized carbons (Fsp3) is 0.273. The van der Waals surface area contributed by atoms with Crippen molar-refractivity contribution in [2.75, 3.05) is 0 Å². The van der Waals surface area contributed by atoms with E-state index in [0.29, 0.717) is 28.5 Å². The maximum atomic E-state index is 10.8. The predicted molar refractivity (Wildman–Crippen MR) is 61.9 cm³/mol. The molecule has 0 radical (unpaired) electrons. The van der Waals surface area contributed by atoms with Gasteiger partial charge in [0.15, 0.2) is 12.4 Å². The number of carboxylic acids is 1. The fourth-order valence-electron chi connectivity index (χ4n) is 1.17. The Morgan fingerprint density at radius 3 is 2.81 bits per heavy atom. The summed E-state index contributed by atoms with van der Waals surface area (Å²) in [6, 6.07) is 4.87. The zero-order chi connectivity index (χ0) is 12.1. The number of ether oxygens (including phenoxy) is 1. The van der Waals surface area contributed by atoms with Crippen LogP contribution in [0.1, 0.15) is 23.7 Å². The van der Waals surface area contributed by atoms with Crippen molar-refractivity contribution in [1.29, 1.82) is 0 Å². The Kier molecular flexibility index (Phi) is 4.49. The van der Waals surface area contributed by atoms with E-state index in [1.807, 2.05) is 0 Å². The molecule has 0 aromatic heterocycles. The Balaban J connectivity index is 2.96. The highest BCUT2D eigenvalue weighted by Crippen LogP contribution is 2.28. The van der Waals surface area contributed by atoms with E-state index in [2.05, 4.69) is 15.9 Å². The minimum absolute atomic E-state index is 0.354. The number of carbonyl (C=O) groups is 2. The molecule has 1 atom stereocenters. The number of hydrogen-bond acceptors (Lipinski definition) is 3. The standard InChI is InChI=1S/C11H11BrO4/c1-2-8(11(14)15)16-9-5-3-4-7(6-13)10(9)12/h3-6,8H,2H2,1H3,(H,14,15). The molecule has 0 heterocycles. The van der Waals surface area contributed by atoms with E-state index < -0.39 is 12.1 Å². The Morgan fingerprint density at radius 1 is 1.62 bits per heavy atom. The van der Waals surface area contributed by atoms with Crippen molar-refractivity contribution in [3.8, 4) is 5.75 Å². The molecule has 0 bridgehead atoms. The van der Waals surface area contributed by atoms with E-state index in [9.17, 15) is 9.59 Å². The summed E-state index contributed by atoms with van der Waals surface area (Å²) in [7, 11) is 0. The van der Waals surface area contributed by atoms with Gasteiger partial charge in [0.25, 0.3) is 0 Å². The monoisotopic (exact) mass is 286 g/mol. The maximum absolute atomic E-state index is 10.8. The van der Waals surface area contributed by atoms with Crippen LogP contribution >= 0.6 is 15.9 Å². The summed E-state index contributed by atoms with van der Waals surface area (Å²) in [5, 5.41) is 8.84. The lowest BCUT2D eigenvalue weighted by Crippen LogP contribution is -2.26. The normalized spacial score (nSPS) is 11.9. The van der Waals surface area contributed by atoms with Gasteiger partial charge < -0.3 is 9.84 Å². The number of halogens is 1.